The molecule has 0 radical (unpaired) electrons. The Hall–Kier alpha value is -2.77. The Balaban J connectivity index is 1.82. The molecule has 0 amide bonds. The maximum Gasteiger partial charge on any atom is 0.179 e. The lowest BCUT2D eigenvalue weighted by molar-refractivity contribution is 0.312. The van der Waals surface area contributed by atoms with Crippen molar-refractivity contribution in [1.29, 1.82) is 0 Å². The monoisotopic (exact) mass is 352 g/mol. The molecule has 1 fully saturated rings. The van der Waals surface area contributed by atoms with Gasteiger partial charge in [-0.15, -0.1) is 0 Å². The number of piperazine rings is 1. The summed E-state index contributed by atoms with van der Waals surface area (Å²) in [6, 6.07) is 8.21. The minimum Gasteiger partial charge on any atom is -0.472 e. The molecule has 5 N–H and O–H groups in total. The molecule has 0 spiro atoms. The molecule has 1 unspecified atom stereocenters. The van der Waals surface area contributed by atoms with Crippen molar-refractivity contribution in [3.05, 3.63) is 54.3 Å². The second-order valence-corrected chi connectivity index (χ2v) is 6.83. The number of aliphatic imine (C=N–C) groups is 1. The van der Waals surface area contributed by atoms with E-state index >= 15 is 0 Å². The number of benzene rings is 1. The summed E-state index contributed by atoms with van der Waals surface area (Å²) in [6.45, 7) is 3.90. The first-order chi connectivity index (χ1) is 12.6. The van der Waals surface area contributed by atoms with Crippen LogP contribution in [0, 0.1) is 0 Å². The molecule has 26 heavy (non-hydrogen) atoms. The van der Waals surface area contributed by atoms with E-state index in [1.54, 1.807) is 25.1 Å². The van der Waals surface area contributed by atoms with Gasteiger partial charge < -0.3 is 25.3 Å². The fourth-order valence-electron chi connectivity index (χ4n) is 3.45. The molecular formula is C19H24N6O. The third-order valence-electron chi connectivity index (χ3n) is 5.13. The predicted octanol–water partition coefficient (Wildman–Crippen LogP) is 1.24. The maximum atomic E-state index is 6.69. The molecule has 2 aliphatic rings. The molecule has 136 valence electrons. The fraction of sp³-hybridized carbons (Fsp3) is 0.316. The second kappa shape index (κ2) is 6.51. The second-order valence-electron chi connectivity index (χ2n) is 6.83. The van der Waals surface area contributed by atoms with Gasteiger partial charge in [-0.1, -0.05) is 6.07 Å². The number of rotatable bonds is 3. The van der Waals surface area contributed by atoms with Crippen LogP contribution in [0.25, 0.3) is 11.1 Å². The summed E-state index contributed by atoms with van der Waals surface area (Å²) in [5.41, 5.74) is 16.3. The molecule has 7 heteroatoms. The lowest BCUT2D eigenvalue weighted by atomic mass is 9.91. The molecule has 0 saturated carbocycles. The maximum absolute atomic E-state index is 6.69. The first-order valence-electron chi connectivity index (χ1n) is 8.73. The summed E-state index contributed by atoms with van der Waals surface area (Å²) in [6.07, 6.45) is 6.68. The van der Waals surface area contributed by atoms with Crippen LogP contribution in [0.4, 0.5) is 5.69 Å². The van der Waals surface area contributed by atoms with Crippen LogP contribution in [0.3, 0.4) is 0 Å². The third kappa shape index (κ3) is 2.85. The zero-order valence-corrected chi connectivity index (χ0v) is 14.9. The molecule has 0 aliphatic carbocycles. The van der Waals surface area contributed by atoms with Gasteiger partial charge in [0.2, 0.25) is 0 Å². The number of hydrogen-bond donors (Lipinski definition) is 3. The molecule has 1 aromatic heterocycles. The predicted molar refractivity (Wildman–Crippen MR) is 104 cm³/mol. The Morgan fingerprint density at radius 3 is 2.65 bits per heavy atom. The first kappa shape index (κ1) is 16.7. The van der Waals surface area contributed by atoms with Crippen molar-refractivity contribution in [2.45, 2.75) is 5.66 Å². The van der Waals surface area contributed by atoms with E-state index in [2.05, 4.69) is 45.4 Å². The number of hydrogen-bond acceptors (Lipinski definition) is 7. The van der Waals surface area contributed by atoms with Crippen LogP contribution in [-0.2, 0) is 5.66 Å². The lowest BCUT2D eigenvalue weighted by Gasteiger charge is -2.38. The van der Waals surface area contributed by atoms with Gasteiger partial charge in [-0.25, -0.2) is 4.99 Å². The van der Waals surface area contributed by atoms with Crippen LogP contribution in [0.15, 0.2) is 58.1 Å². The van der Waals surface area contributed by atoms with Gasteiger partial charge in [0, 0.05) is 49.2 Å². The molecule has 1 atom stereocenters. The van der Waals surface area contributed by atoms with E-state index in [0.29, 0.717) is 5.70 Å². The van der Waals surface area contributed by atoms with E-state index in [4.69, 9.17) is 15.9 Å². The van der Waals surface area contributed by atoms with Crippen molar-refractivity contribution in [3.63, 3.8) is 0 Å². The molecule has 7 nitrogen and oxygen atoms in total. The molecule has 1 saturated heterocycles. The van der Waals surface area contributed by atoms with Gasteiger partial charge in [0.05, 0.1) is 24.6 Å². The van der Waals surface area contributed by atoms with Crippen LogP contribution in [0.1, 0.15) is 5.56 Å². The van der Waals surface area contributed by atoms with Crippen molar-refractivity contribution >= 4 is 12.0 Å². The van der Waals surface area contributed by atoms with Crippen LogP contribution in [0.5, 0.6) is 0 Å². The van der Waals surface area contributed by atoms with E-state index in [1.165, 1.54) is 0 Å². The third-order valence-corrected chi connectivity index (χ3v) is 5.13. The Labute approximate surface area is 153 Å². The van der Waals surface area contributed by atoms with Crippen molar-refractivity contribution in [1.82, 2.24) is 10.2 Å². The van der Waals surface area contributed by atoms with Crippen molar-refractivity contribution < 1.29 is 4.42 Å². The number of nitrogens with one attached hydrogen (secondary N) is 1. The number of anilines is 1. The van der Waals surface area contributed by atoms with Gasteiger partial charge in [-0.05, 0) is 30.8 Å². The van der Waals surface area contributed by atoms with E-state index in [1.807, 2.05) is 6.07 Å². The highest BCUT2D eigenvalue weighted by Gasteiger charge is 2.35. The largest absolute Gasteiger partial charge is 0.472 e. The molecule has 4 rings (SSSR count). The molecule has 1 aromatic carbocycles. The highest BCUT2D eigenvalue weighted by molar-refractivity contribution is 5.72. The molecule has 2 aliphatic heterocycles. The van der Waals surface area contributed by atoms with Gasteiger partial charge in [-0.3, -0.25) is 5.73 Å². The standard InChI is InChI=1S/C19H24N6O/c1-24-5-7-25(8-6-24)17-3-2-14(15-4-9-26-12-15)10-16(17)19(21)18(20)11-22-13-23-19/h2-4,9-13H,5-8,20-21H2,1H3,(H,22,23). The van der Waals surface area contributed by atoms with E-state index in [0.717, 1.165) is 48.6 Å². The van der Waals surface area contributed by atoms with Gasteiger partial charge >= 0.3 is 0 Å². The van der Waals surface area contributed by atoms with Crippen molar-refractivity contribution in [2.75, 3.05) is 38.1 Å². The zero-order chi connectivity index (χ0) is 18.1. The molecule has 3 heterocycles. The summed E-state index contributed by atoms with van der Waals surface area (Å²) in [5.74, 6) is 0. The highest BCUT2D eigenvalue weighted by Crippen LogP contribution is 2.37. The van der Waals surface area contributed by atoms with Crippen molar-refractivity contribution in [3.8, 4) is 11.1 Å². The smallest absolute Gasteiger partial charge is 0.179 e. The number of nitrogens with two attached hydrogens (primary N) is 2. The van der Waals surface area contributed by atoms with Gasteiger partial charge in [0.1, 0.15) is 0 Å². The van der Waals surface area contributed by atoms with Crippen molar-refractivity contribution in [2.24, 2.45) is 16.5 Å². The summed E-state index contributed by atoms with van der Waals surface area (Å²) in [7, 11) is 2.14. The minimum atomic E-state index is -1.09. The Morgan fingerprint density at radius 2 is 1.96 bits per heavy atom. The number of furan rings is 1. The van der Waals surface area contributed by atoms with Crippen LogP contribution in [0.2, 0.25) is 0 Å². The topological polar surface area (TPSA) is 96.0 Å². The Kier molecular flexibility index (Phi) is 4.18. The minimum absolute atomic E-state index is 0.486. The normalized spacial score (nSPS) is 23.6. The molecule has 2 aromatic rings. The number of nitrogens with zero attached hydrogens (tertiary/aromatic N) is 3. The Morgan fingerprint density at radius 1 is 1.15 bits per heavy atom. The lowest BCUT2D eigenvalue weighted by Crippen LogP contribution is -2.48. The van der Waals surface area contributed by atoms with E-state index < -0.39 is 5.66 Å². The Bertz CT molecular complexity index is 836. The quantitative estimate of drug-likeness (QED) is 0.769. The van der Waals surface area contributed by atoms with Crippen LogP contribution >= 0.6 is 0 Å². The SMILES string of the molecule is CN1CCN(c2ccc(-c3ccoc3)cc2C2(N)N=CNC=C2N)CC1. The summed E-state index contributed by atoms with van der Waals surface area (Å²) in [4.78, 5) is 9.17. The van der Waals surface area contributed by atoms with Gasteiger partial charge in [-0.2, -0.15) is 0 Å². The number of likely N-dealkylation sites (N-methyl/N-ethyl adjacent to an activating group) is 1. The first-order valence-corrected chi connectivity index (χ1v) is 8.73. The average Bonchev–Trinajstić information content (AvgIpc) is 3.19. The summed E-state index contributed by atoms with van der Waals surface area (Å²) < 4.78 is 5.24. The average molecular weight is 352 g/mol. The summed E-state index contributed by atoms with van der Waals surface area (Å²) >= 11 is 0. The van der Waals surface area contributed by atoms with Gasteiger partial charge in [0.15, 0.2) is 5.66 Å². The fourth-order valence-corrected chi connectivity index (χ4v) is 3.45. The highest BCUT2D eigenvalue weighted by atomic mass is 16.3. The zero-order valence-electron chi connectivity index (χ0n) is 14.9. The molecule has 0 bridgehead atoms. The van der Waals surface area contributed by atoms with Gasteiger partial charge in [0.25, 0.3) is 0 Å². The van der Waals surface area contributed by atoms with E-state index in [9.17, 15) is 0 Å². The molecular weight excluding hydrogens is 328 g/mol. The van der Waals surface area contributed by atoms with E-state index in [-0.39, 0.29) is 0 Å². The summed E-state index contributed by atoms with van der Waals surface area (Å²) in [5, 5.41) is 2.91. The van der Waals surface area contributed by atoms with Crippen LogP contribution < -0.4 is 21.7 Å². The van der Waals surface area contributed by atoms with Crippen LogP contribution in [-0.4, -0.2) is 44.5 Å².